The lowest BCUT2D eigenvalue weighted by Crippen LogP contribution is -2.30. The Morgan fingerprint density at radius 3 is 0.827 bits per heavy atom. The average Bonchev–Trinajstić information content (AvgIpc) is 3.41. The Morgan fingerprint density at radius 2 is 0.520 bits per heavy atom. The number of rotatable bonds is 55. The van der Waals surface area contributed by atoms with Crippen LogP contribution in [0.2, 0.25) is 0 Å². The molecule has 426 valence electrons. The Bertz CT molecular complexity index is 1570. The van der Waals surface area contributed by atoms with Crippen LogP contribution in [-0.4, -0.2) is 37.2 Å². The number of hydrogen-bond acceptors (Lipinski definition) is 6. The molecular weight excluding hydrogens is 925 g/mol. The molecule has 1 atom stereocenters. The van der Waals surface area contributed by atoms with Crippen molar-refractivity contribution >= 4 is 17.9 Å². The third-order valence-electron chi connectivity index (χ3n) is 13.0. The molecule has 0 N–H and O–H groups in total. The van der Waals surface area contributed by atoms with E-state index >= 15 is 0 Å². The smallest absolute Gasteiger partial charge is 0.306 e. The molecule has 0 rings (SSSR count). The van der Waals surface area contributed by atoms with Crippen LogP contribution in [0.3, 0.4) is 0 Å². The molecule has 0 aliphatic heterocycles. The Kier molecular flexibility index (Phi) is 58.9. The second-order valence-electron chi connectivity index (χ2n) is 20.2. The van der Waals surface area contributed by atoms with Gasteiger partial charge in [-0.3, -0.25) is 14.4 Å². The second-order valence-corrected chi connectivity index (χ2v) is 20.2. The molecule has 75 heavy (non-hydrogen) atoms. The van der Waals surface area contributed by atoms with Gasteiger partial charge in [0, 0.05) is 19.3 Å². The van der Waals surface area contributed by atoms with E-state index in [0.29, 0.717) is 19.3 Å². The van der Waals surface area contributed by atoms with Crippen LogP contribution in [0.25, 0.3) is 0 Å². The fourth-order valence-corrected chi connectivity index (χ4v) is 8.31. The van der Waals surface area contributed by atoms with Crippen LogP contribution in [0.5, 0.6) is 0 Å². The van der Waals surface area contributed by atoms with E-state index in [1.54, 1.807) is 0 Å². The van der Waals surface area contributed by atoms with Gasteiger partial charge in [0.25, 0.3) is 0 Å². The van der Waals surface area contributed by atoms with Gasteiger partial charge in [0.15, 0.2) is 6.10 Å². The van der Waals surface area contributed by atoms with Crippen LogP contribution < -0.4 is 0 Å². The number of hydrogen-bond donors (Lipinski definition) is 0. The van der Waals surface area contributed by atoms with Crippen molar-refractivity contribution in [2.24, 2.45) is 0 Å². The monoisotopic (exact) mass is 1040 g/mol. The molecule has 6 nitrogen and oxygen atoms in total. The first-order chi connectivity index (χ1) is 37.0. The summed E-state index contributed by atoms with van der Waals surface area (Å²) < 4.78 is 16.8. The van der Waals surface area contributed by atoms with Gasteiger partial charge in [-0.1, -0.05) is 264 Å². The quantitative estimate of drug-likeness (QED) is 0.0261. The number of carbonyl (C=O) groups is 3. The third-order valence-corrected chi connectivity index (χ3v) is 13.0. The van der Waals surface area contributed by atoms with E-state index in [1.807, 2.05) is 0 Å². The minimum Gasteiger partial charge on any atom is -0.462 e. The number of carbonyl (C=O) groups excluding carboxylic acids is 3. The zero-order valence-electron chi connectivity index (χ0n) is 48.8. The maximum Gasteiger partial charge on any atom is 0.306 e. The van der Waals surface area contributed by atoms with Crippen molar-refractivity contribution in [3.8, 4) is 0 Å². The Morgan fingerprint density at radius 1 is 0.280 bits per heavy atom. The summed E-state index contributed by atoms with van der Waals surface area (Å²) in [5, 5.41) is 0. The highest BCUT2D eigenvalue weighted by Gasteiger charge is 2.19. The predicted molar refractivity (Wildman–Crippen MR) is 325 cm³/mol. The number of unbranched alkanes of at least 4 members (excludes halogenated alkanes) is 24. The number of esters is 3. The molecule has 0 saturated carbocycles. The first kappa shape index (κ1) is 70.8. The first-order valence-electron chi connectivity index (χ1n) is 31.0. The maximum absolute atomic E-state index is 12.9. The summed E-state index contributed by atoms with van der Waals surface area (Å²) in [6, 6.07) is 0. The third kappa shape index (κ3) is 60.6. The molecule has 0 aromatic heterocycles. The Balaban J connectivity index is 4.35. The molecule has 0 aromatic rings. The van der Waals surface area contributed by atoms with Gasteiger partial charge in [-0.25, -0.2) is 0 Å². The number of ether oxygens (including phenoxy) is 3. The summed E-state index contributed by atoms with van der Waals surface area (Å²) in [6.45, 7) is 6.47. The molecule has 0 fully saturated rings. The van der Waals surface area contributed by atoms with Crippen molar-refractivity contribution in [1.29, 1.82) is 0 Å². The Labute approximate surface area is 462 Å². The zero-order chi connectivity index (χ0) is 54.3. The van der Waals surface area contributed by atoms with Gasteiger partial charge in [-0.15, -0.1) is 0 Å². The van der Waals surface area contributed by atoms with Crippen molar-refractivity contribution in [2.45, 2.75) is 284 Å². The SMILES string of the molecule is CC/C=C\C/C=C\C/C=C\C/C=C\C/C=C\C/C=C\C/C=C\CCCCCC(=O)OCC(COC(=O)CCCCCCCCCCC)OC(=O)CCCCCCCCCC/C=C\C/C=C\C/C=C\CCCCCCC. The summed E-state index contributed by atoms with van der Waals surface area (Å²) in [5.41, 5.74) is 0. The molecule has 0 saturated heterocycles. The molecule has 0 aliphatic rings. The van der Waals surface area contributed by atoms with E-state index in [1.165, 1.54) is 109 Å². The zero-order valence-corrected chi connectivity index (χ0v) is 48.8. The average molecular weight is 1040 g/mol. The van der Waals surface area contributed by atoms with Crippen molar-refractivity contribution in [3.05, 3.63) is 122 Å². The van der Waals surface area contributed by atoms with Crippen molar-refractivity contribution < 1.29 is 28.6 Å². The molecular formula is C69H114O6. The van der Waals surface area contributed by atoms with E-state index in [-0.39, 0.29) is 31.1 Å². The standard InChI is InChI=1S/C69H114O6/c1-4-7-10-13-16-19-21-23-25-27-29-31-33-34-36-37-39-41-43-45-47-50-53-56-59-62-68(71)74-65-66(64-73-67(70)61-58-55-52-49-18-15-12-9-6-3)75-69(72)63-60-57-54-51-48-46-44-42-40-38-35-32-30-28-26-24-22-20-17-14-11-8-5-2/h7,10,16,19,22-25,28-31,34-36,38-39,41,45,47,66H,4-6,8-9,11-15,17-18,20-21,26-27,32-33,37,40,42-44,46,48-65H2,1-3H3/b10-7-,19-16-,24-22-,25-23-,30-28-,31-29-,36-34-,38-35-,41-39-,47-45-. The molecule has 6 heteroatoms. The summed E-state index contributed by atoms with van der Waals surface area (Å²) in [4.78, 5) is 38.2. The van der Waals surface area contributed by atoms with E-state index in [2.05, 4.69) is 142 Å². The van der Waals surface area contributed by atoms with Crippen LogP contribution >= 0.6 is 0 Å². The highest BCUT2D eigenvalue weighted by atomic mass is 16.6. The molecule has 0 heterocycles. The number of allylic oxidation sites excluding steroid dienone is 20. The molecule has 0 amide bonds. The normalized spacial score (nSPS) is 12.9. The lowest BCUT2D eigenvalue weighted by Gasteiger charge is -2.18. The summed E-state index contributed by atoms with van der Waals surface area (Å²) in [7, 11) is 0. The highest BCUT2D eigenvalue weighted by Crippen LogP contribution is 2.15. The van der Waals surface area contributed by atoms with Gasteiger partial charge in [0.1, 0.15) is 13.2 Å². The molecule has 0 radical (unpaired) electrons. The van der Waals surface area contributed by atoms with Crippen LogP contribution in [-0.2, 0) is 28.6 Å². The fourth-order valence-electron chi connectivity index (χ4n) is 8.31. The molecule has 1 unspecified atom stereocenters. The van der Waals surface area contributed by atoms with Crippen LogP contribution in [0.1, 0.15) is 278 Å². The summed E-state index contributed by atoms with van der Waals surface area (Å²) in [5.74, 6) is -0.936. The predicted octanol–water partition coefficient (Wildman–Crippen LogP) is 21.2. The molecule has 0 bridgehead atoms. The topological polar surface area (TPSA) is 78.9 Å². The van der Waals surface area contributed by atoms with E-state index in [4.69, 9.17) is 14.2 Å². The molecule has 0 aromatic carbocycles. The van der Waals surface area contributed by atoms with Gasteiger partial charge >= 0.3 is 17.9 Å². The van der Waals surface area contributed by atoms with Crippen molar-refractivity contribution in [3.63, 3.8) is 0 Å². The minimum absolute atomic E-state index is 0.0930. The molecule has 0 aliphatic carbocycles. The fraction of sp³-hybridized carbons (Fsp3) is 0.667. The van der Waals surface area contributed by atoms with Gasteiger partial charge in [-0.2, -0.15) is 0 Å². The van der Waals surface area contributed by atoms with Crippen molar-refractivity contribution in [2.75, 3.05) is 13.2 Å². The summed E-state index contributed by atoms with van der Waals surface area (Å²) in [6.07, 6.45) is 86.3. The lowest BCUT2D eigenvalue weighted by molar-refractivity contribution is -0.167. The van der Waals surface area contributed by atoms with Crippen LogP contribution in [0.4, 0.5) is 0 Å². The Hall–Kier alpha value is -4.19. The largest absolute Gasteiger partial charge is 0.462 e. The first-order valence-corrected chi connectivity index (χ1v) is 31.0. The maximum atomic E-state index is 12.9. The lowest BCUT2D eigenvalue weighted by atomic mass is 10.1. The van der Waals surface area contributed by atoms with E-state index < -0.39 is 6.10 Å². The van der Waals surface area contributed by atoms with E-state index in [9.17, 15) is 14.4 Å². The highest BCUT2D eigenvalue weighted by molar-refractivity contribution is 5.71. The second kappa shape index (κ2) is 62.4. The van der Waals surface area contributed by atoms with Crippen LogP contribution in [0.15, 0.2) is 122 Å². The van der Waals surface area contributed by atoms with Crippen LogP contribution in [0, 0.1) is 0 Å². The van der Waals surface area contributed by atoms with Gasteiger partial charge in [-0.05, 0) is 116 Å². The van der Waals surface area contributed by atoms with Gasteiger partial charge in [0.05, 0.1) is 0 Å². The molecule has 0 spiro atoms. The van der Waals surface area contributed by atoms with E-state index in [0.717, 1.165) is 128 Å². The van der Waals surface area contributed by atoms with Gasteiger partial charge < -0.3 is 14.2 Å². The summed E-state index contributed by atoms with van der Waals surface area (Å²) >= 11 is 0. The van der Waals surface area contributed by atoms with Crippen molar-refractivity contribution in [1.82, 2.24) is 0 Å². The minimum atomic E-state index is -0.798. The van der Waals surface area contributed by atoms with Gasteiger partial charge in [0.2, 0.25) is 0 Å².